The van der Waals surface area contributed by atoms with E-state index in [1.165, 1.54) is 0 Å². The van der Waals surface area contributed by atoms with E-state index in [0.717, 1.165) is 22.4 Å². The molecule has 0 aromatic heterocycles. The van der Waals surface area contributed by atoms with E-state index in [-0.39, 0.29) is 6.03 Å². The van der Waals surface area contributed by atoms with Gasteiger partial charge < -0.3 is 10.6 Å². The molecule has 4 heteroatoms. The van der Waals surface area contributed by atoms with Crippen molar-refractivity contribution in [1.29, 1.82) is 0 Å². The highest BCUT2D eigenvalue weighted by Gasteiger charge is 2.23. The number of halogens is 1. The molecule has 22 heavy (non-hydrogen) atoms. The maximum absolute atomic E-state index is 12.3. The van der Waals surface area contributed by atoms with Crippen molar-refractivity contribution < 1.29 is 4.79 Å². The minimum absolute atomic E-state index is 0.228. The van der Waals surface area contributed by atoms with E-state index in [4.69, 9.17) is 11.6 Å². The molecule has 116 valence electrons. The molecular weight excluding hydrogens is 296 g/mol. The molecule has 0 spiro atoms. The van der Waals surface area contributed by atoms with Gasteiger partial charge in [0, 0.05) is 10.7 Å². The van der Waals surface area contributed by atoms with Crippen LogP contribution in [-0.4, -0.2) is 6.03 Å². The smallest absolute Gasteiger partial charge is 0.319 e. The van der Waals surface area contributed by atoms with Crippen molar-refractivity contribution in [3.05, 3.63) is 64.2 Å². The van der Waals surface area contributed by atoms with E-state index in [2.05, 4.69) is 10.6 Å². The number of rotatable bonds is 3. The number of anilines is 1. The van der Waals surface area contributed by atoms with E-state index in [1.54, 1.807) is 0 Å². The molecule has 0 saturated carbocycles. The van der Waals surface area contributed by atoms with Gasteiger partial charge in [-0.3, -0.25) is 0 Å². The first kappa shape index (κ1) is 16.4. The lowest BCUT2D eigenvalue weighted by atomic mass is 9.94. The molecule has 0 heterocycles. The Kier molecular flexibility index (Phi) is 4.77. The maximum atomic E-state index is 12.3. The van der Waals surface area contributed by atoms with E-state index in [0.29, 0.717) is 5.02 Å². The number of amides is 2. The molecule has 2 aromatic rings. The number of benzene rings is 2. The molecule has 0 aliphatic heterocycles. The zero-order chi connectivity index (χ0) is 16.3. The van der Waals surface area contributed by atoms with E-state index < -0.39 is 5.54 Å². The highest BCUT2D eigenvalue weighted by Crippen LogP contribution is 2.23. The van der Waals surface area contributed by atoms with Crippen LogP contribution < -0.4 is 10.6 Å². The van der Waals surface area contributed by atoms with Crippen LogP contribution in [0.5, 0.6) is 0 Å². The predicted octanol–water partition coefficient (Wildman–Crippen LogP) is 5.01. The summed E-state index contributed by atoms with van der Waals surface area (Å²) in [5.74, 6) is 0. The lowest BCUT2D eigenvalue weighted by Crippen LogP contribution is -2.43. The SMILES string of the molecule is Cc1cccc(NC(=O)NC(C)(C)c2ccc(Cl)cc2)c1C. The monoisotopic (exact) mass is 316 g/mol. The topological polar surface area (TPSA) is 41.1 Å². The number of aryl methyl sites for hydroxylation is 1. The van der Waals surface area contributed by atoms with Crippen molar-refractivity contribution in [3.8, 4) is 0 Å². The standard InChI is InChI=1S/C18H21ClN2O/c1-12-6-5-7-16(13(12)2)20-17(22)21-18(3,4)14-8-10-15(19)11-9-14/h5-11H,1-4H3,(H2,20,21,22). The van der Waals surface area contributed by atoms with Gasteiger partial charge in [0.15, 0.2) is 0 Å². The van der Waals surface area contributed by atoms with Gasteiger partial charge in [-0.2, -0.15) is 0 Å². The van der Waals surface area contributed by atoms with Crippen LogP contribution in [0.15, 0.2) is 42.5 Å². The molecule has 0 radical (unpaired) electrons. The molecule has 0 aliphatic carbocycles. The van der Waals surface area contributed by atoms with Gasteiger partial charge >= 0.3 is 6.03 Å². The van der Waals surface area contributed by atoms with Crippen LogP contribution in [0, 0.1) is 13.8 Å². The molecule has 2 rings (SSSR count). The summed E-state index contributed by atoms with van der Waals surface area (Å²) in [6.45, 7) is 7.93. The van der Waals surface area contributed by atoms with Crippen molar-refractivity contribution in [1.82, 2.24) is 5.32 Å². The normalized spacial score (nSPS) is 11.1. The number of hydrogen-bond donors (Lipinski definition) is 2. The second kappa shape index (κ2) is 6.41. The maximum Gasteiger partial charge on any atom is 0.319 e. The van der Waals surface area contributed by atoms with Crippen LogP contribution in [0.1, 0.15) is 30.5 Å². The number of carbonyl (C=O) groups excluding carboxylic acids is 1. The quantitative estimate of drug-likeness (QED) is 0.820. The predicted molar refractivity (Wildman–Crippen MR) is 92.5 cm³/mol. The third-order valence-electron chi connectivity index (χ3n) is 3.84. The Bertz CT molecular complexity index is 678. The molecule has 0 atom stereocenters. The third-order valence-corrected chi connectivity index (χ3v) is 4.10. The molecule has 3 nitrogen and oxygen atoms in total. The Balaban J connectivity index is 2.10. The van der Waals surface area contributed by atoms with Gasteiger partial charge in [0.1, 0.15) is 0 Å². The Morgan fingerprint density at radius 1 is 1.05 bits per heavy atom. The summed E-state index contributed by atoms with van der Waals surface area (Å²) in [7, 11) is 0. The van der Waals surface area contributed by atoms with Crippen LogP contribution in [0.2, 0.25) is 5.02 Å². The summed E-state index contributed by atoms with van der Waals surface area (Å²) in [5, 5.41) is 6.59. The van der Waals surface area contributed by atoms with E-state index in [9.17, 15) is 4.79 Å². The number of urea groups is 1. The highest BCUT2D eigenvalue weighted by atomic mass is 35.5. The van der Waals surface area contributed by atoms with Gasteiger partial charge in [0.2, 0.25) is 0 Å². The first-order chi connectivity index (χ1) is 10.3. The molecule has 0 bridgehead atoms. The van der Waals surface area contributed by atoms with Gasteiger partial charge in [-0.05, 0) is 62.6 Å². The highest BCUT2D eigenvalue weighted by molar-refractivity contribution is 6.30. The summed E-state index contributed by atoms with van der Waals surface area (Å²) in [4.78, 5) is 12.3. The number of carbonyl (C=O) groups is 1. The third kappa shape index (κ3) is 3.80. The number of hydrogen-bond acceptors (Lipinski definition) is 1. The second-order valence-electron chi connectivity index (χ2n) is 5.96. The summed E-state index contributed by atoms with van der Waals surface area (Å²) >= 11 is 5.91. The fraction of sp³-hybridized carbons (Fsp3) is 0.278. The van der Waals surface area contributed by atoms with Crippen LogP contribution >= 0.6 is 11.6 Å². The van der Waals surface area contributed by atoms with Gasteiger partial charge in [-0.15, -0.1) is 0 Å². The molecule has 0 saturated heterocycles. The molecule has 2 aromatic carbocycles. The van der Waals surface area contributed by atoms with Crippen LogP contribution in [0.25, 0.3) is 0 Å². The van der Waals surface area contributed by atoms with Crippen molar-refractivity contribution in [2.45, 2.75) is 33.2 Å². The second-order valence-corrected chi connectivity index (χ2v) is 6.39. The first-order valence-electron chi connectivity index (χ1n) is 7.21. The van der Waals surface area contributed by atoms with Gasteiger partial charge in [-0.1, -0.05) is 35.9 Å². The fourth-order valence-corrected chi connectivity index (χ4v) is 2.39. The minimum atomic E-state index is -0.494. The molecule has 0 aliphatic rings. The molecule has 0 unspecified atom stereocenters. The summed E-state index contributed by atoms with van der Waals surface area (Å²) in [5.41, 5.74) is 3.54. The minimum Gasteiger partial charge on any atom is -0.329 e. The van der Waals surface area contributed by atoms with Gasteiger partial charge in [0.05, 0.1) is 5.54 Å². The van der Waals surface area contributed by atoms with Crippen LogP contribution in [0.4, 0.5) is 10.5 Å². The first-order valence-corrected chi connectivity index (χ1v) is 7.59. The lowest BCUT2D eigenvalue weighted by molar-refractivity contribution is 0.242. The lowest BCUT2D eigenvalue weighted by Gasteiger charge is -2.27. The summed E-state index contributed by atoms with van der Waals surface area (Å²) < 4.78 is 0. The molecular formula is C18H21ClN2O. The summed E-state index contributed by atoms with van der Waals surface area (Å²) in [6.07, 6.45) is 0. The Morgan fingerprint density at radius 3 is 2.32 bits per heavy atom. The van der Waals surface area contributed by atoms with Crippen molar-refractivity contribution in [2.24, 2.45) is 0 Å². The Labute approximate surface area is 136 Å². The Morgan fingerprint density at radius 2 is 1.68 bits per heavy atom. The molecule has 2 amide bonds. The van der Waals surface area contributed by atoms with Gasteiger partial charge in [0.25, 0.3) is 0 Å². The number of nitrogens with one attached hydrogen (secondary N) is 2. The fourth-order valence-electron chi connectivity index (χ4n) is 2.26. The van der Waals surface area contributed by atoms with Gasteiger partial charge in [-0.25, -0.2) is 4.79 Å². The van der Waals surface area contributed by atoms with Crippen LogP contribution in [0.3, 0.4) is 0 Å². The van der Waals surface area contributed by atoms with Crippen molar-refractivity contribution in [3.63, 3.8) is 0 Å². The molecule has 0 fully saturated rings. The van der Waals surface area contributed by atoms with E-state index >= 15 is 0 Å². The zero-order valence-corrected chi connectivity index (χ0v) is 14.1. The van der Waals surface area contributed by atoms with Crippen LogP contribution in [-0.2, 0) is 5.54 Å². The summed E-state index contributed by atoms with van der Waals surface area (Å²) in [6, 6.07) is 13.1. The largest absolute Gasteiger partial charge is 0.329 e. The average molecular weight is 317 g/mol. The van der Waals surface area contributed by atoms with Crippen molar-refractivity contribution in [2.75, 3.05) is 5.32 Å². The Hall–Kier alpha value is -2.00. The van der Waals surface area contributed by atoms with Crippen molar-refractivity contribution >= 4 is 23.3 Å². The zero-order valence-electron chi connectivity index (χ0n) is 13.3. The average Bonchev–Trinajstić information content (AvgIpc) is 2.44. The van der Waals surface area contributed by atoms with E-state index in [1.807, 2.05) is 70.2 Å². The molecule has 2 N–H and O–H groups in total.